The van der Waals surface area contributed by atoms with Crippen LogP contribution in [0.1, 0.15) is 24.8 Å². The molecule has 1 aromatic rings. The number of carbonyl (C=O) groups is 2. The second-order valence-electron chi connectivity index (χ2n) is 4.95. The third kappa shape index (κ3) is 3.53. The Balaban J connectivity index is 2.71. The lowest BCUT2D eigenvalue weighted by Crippen LogP contribution is -2.41. The fraction of sp³-hybridized carbons (Fsp3) is 0.333. The number of allylic oxidation sites excluding steroid dienone is 1. The van der Waals surface area contributed by atoms with Crippen LogP contribution in [0.5, 0.6) is 0 Å². The van der Waals surface area contributed by atoms with Crippen LogP contribution in [0.3, 0.4) is 0 Å². The van der Waals surface area contributed by atoms with E-state index < -0.39 is 47.5 Å². The molecule has 0 bridgehead atoms. The standard InChI is InChI=1S/C15H12ClF4NO3/c1-2-24-14(23)12-7(11-8(16)4-3-5-9(11)17)6-10(22)21-13(12)15(18,19)20/h3-5,7H,2,6H2,1H3,(H,21,22)/t7-/m1/s1. The molecular weight excluding hydrogens is 354 g/mol. The largest absolute Gasteiger partial charge is 0.463 e. The number of benzene rings is 1. The minimum absolute atomic E-state index is 0.181. The van der Waals surface area contributed by atoms with Crippen molar-refractivity contribution in [1.29, 1.82) is 0 Å². The van der Waals surface area contributed by atoms with Crippen LogP contribution in [0.4, 0.5) is 17.6 Å². The quantitative estimate of drug-likeness (QED) is 0.659. The van der Waals surface area contributed by atoms with Crippen LogP contribution >= 0.6 is 11.6 Å². The van der Waals surface area contributed by atoms with E-state index in [1.165, 1.54) is 19.1 Å². The van der Waals surface area contributed by atoms with Gasteiger partial charge < -0.3 is 10.1 Å². The van der Waals surface area contributed by atoms with Crippen molar-refractivity contribution in [3.05, 3.63) is 45.9 Å². The minimum atomic E-state index is -5.02. The second kappa shape index (κ2) is 6.80. The molecule has 1 N–H and O–H groups in total. The van der Waals surface area contributed by atoms with Crippen LogP contribution in [0.25, 0.3) is 0 Å². The van der Waals surface area contributed by atoms with Gasteiger partial charge in [-0.3, -0.25) is 4.79 Å². The molecular formula is C15H12ClF4NO3. The zero-order chi connectivity index (χ0) is 18.1. The number of nitrogens with one attached hydrogen (secondary N) is 1. The highest BCUT2D eigenvalue weighted by Gasteiger charge is 2.46. The van der Waals surface area contributed by atoms with Crippen molar-refractivity contribution in [2.24, 2.45) is 0 Å². The van der Waals surface area contributed by atoms with Gasteiger partial charge in [-0.2, -0.15) is 13.2 Å². The summed E-state index contributed by atoms with van der Waals surface area (Å²) < 4.78 is 58.5. The average molecular weight is 366 g/mol. The molecule has 1 amide bonds. The maximum atomic E-state index is 14.1. The maximum Gasteiger partial charge on any atom is 0.431 e. The third-order valence-electron chi connectivity index (χ3n) is 3.40. The van der Waals surface area contributed by atoms with E-state index in [2.05, 4.69) is 4.74 Å². The number of alkyl halides is 3. The number of esters is 1. The summed E-state index contributed by atoms with van der Waals surface area (Å²) in [7, 11) is 0. The van der Waals surface area contributed by atoms with Crippen molar-refractivity contribution in [3.63, 3.8) is 0 Å². The molecule has 1 aliphatic heterocycles. The Labute approximate surface area is 139 Å². The molecule has 0 aliphatic carbocycles. The van der Waals surface area contributed by atoms with Gasteiger partial charge >= 0.3 is 12.1 Å². The highest BCUT2D eigenvalue weighted by molar-refractivity contribution is 6.31. The van der Waals surface area contributed by atoms with Gasteiger partial charge in [0.05, 0.1) is 12.2 Å². The molecule has 0 saturated carbocycles. The topological polar surface area (TPSA) is 55.4 Å². The smallest absolute Gasteiger partial charge is 0.431 e. The van der Waals surface area contributed by atoms with Crippen molar-refractivity contribution in [3.8, 4) is 0 Å². The number of rotatable bonds is 3. The molecule has 0 saturated heterocycles. The molecule has 1 aromatic carbocycles. The Morgan fingerprint density at radius 3 is 2.62 bits per heavy atom. The number of halogens is 5. The van der Waals surface area contributed by atoms with Crippen LogP contribution in [0.15, 0.2) is 29.5 Å². The summed E-state index contributed by atoms with van der Waals surface area (Å²) in [6, 6.07) is 3.52. The van der Waals surface area contributed by atoms with Crippen LogP contribution in [0, 0.1) is 5.82 Å². The molecule has 4 nitrogen and oxygen atoms in total. The first-order chi connectivity index (χ1) is 11.2. The van der Waals surface area contributed by atoms with Gasteiger partial charge in [-0.1, -0.05) is 17.7 Å². The van der Waals surface area contributed by atoms with Gasteiger partial charge in [0.25, 0.3) is 0 Å². The summed E-state index contributed by atoms with van der Waals surface area (Å²) in [5, 5.41) is 1.45. The molecule has 130 valence electrons. The zero-order valence-corrected chi connectivity index (χ0v) is 13.1. The predicted molar refractivity (Wildman–Crippen MR) is 76.6 cm³/mol. The molecule has 0 spiro atoms. The Hall–Kier alpha value is -2.09. The molecule has 0 fully saturated rings. The normalized spacial score (nSPS) is 18.4. The summed E-state index contributed by atoms with van der Waals surface area (Å²) in [6.45, 7) is 1.23. The van der Waals surface area contributed by atoms with Gasteiger partial charge in [-0.15, -0.1) is 0 Å². The molecule has 24 heavy (non-hydrogen) atoms. The minimum Gasteiger partial charge on any atom is -0.463 e. The number of hydrogen-bond acceptors (Lipinski definition) is 3. The van der Waals surface area contributed by atoms with Crippen molar-refractivity contribution in [2.45, 2.75) is 25.4 Å². The lowest BCUT2D eigenvalue weighted by atomic mass is 9.83. The van der Waals surface area contributed by atoms with Crippen LogP contribution in [0.2, 0.25) is 5.02 Å². The molecule has 0 radical (unpaired) electrons. The highest BCUT2D eigenvalue weighted by atomic mass is 35.5. The molecule has 0 unspecified atom stereocenters. The van der Waals surface area contributed by atoms with Gasteiger partial charge in [0.2, 0.25) is 5.91 Å². The van der Waals surface area contributed by atoms with E-state index in [4.69, 9.17) is 11.6 Å². The molecule has 0 aromatic heterocycles. The monoisotopic (exact) mass is 365 g/mol. The second-order valence-corrected chi connectivity index (χ2v) is 5.35. The van der Waals surface area contributed by atoms with Crippen LogP contribution in [-0.2, 0) is 14.3 Å². The van der Waals surface area contributed by atoms with Gasteiger partial charge in [-0.05, 0) is 19.1 Å². The molecule has 1 aliphatic rings. The van der Waals surface area contributed by atoms with Crippen molar-refractivity contribution >= 4 is 23.5 Å². The third-order valence-corrected chi connectivity index (χ3v) is 3.73. The lowest BCUT2D eigenvalue weighted by Gasteiger charge is -2.29. The number of amides is 1. The van der Waals surface area contributed by atoms with Crippen LogP contribution in [-0.4, -0.2) is 24.7 Å². The fourth-order valence-electron chi connectivity index (χ4n) is 2.49. The maximum absolute atomic E-state index is 14.1. The van der Waals surface area contributed by atoms with E-state index in [1.807, 2.05) is 0 Å². The van der Waals surface area contributed by atoms with E-state index in [-0.39, 0.29) is 17.2 Å². The van der Waals surface area contributed by atoms with E-state index in [1.54, 1.807) is 5.32 Å². The Bertz CT molecular complexity index is 695. The molecule has 1 heterocycles. The summed E-state index contributed by atoms with van der Waals surface area (Å²) in [5.41, 5.74) is -2.77. The van der Waals surface area contributed by atoms with Crippen molar-refractivity contribution in [2.75, 3.05) is 6.61 Å². The Morgan fingerprint density at radius 2 is 2.08 bits per heavy atom. The number of ether oxygens (including phenoxy) is 1. The van der Waals surface area contributed by atoms with E-state index in [0.717, 1.165) is 6.07 Å². The first-order valence-electron chi connectivity index (χ1n) is 6.89. The molecule has 1 atom stereocenters. The average Bonchev–Trinajstić information content (AvgIpc) is 2.45. The highest BCUT2D eigenvalue weighted by Crippen LogP contribution is 2.42. The van der Waals surface area contributed by atoms with Gasteiger partial charge in [0, 0.05) is 22.9 Å². The van der Waals surface area contributed by atoms with Crippen molar-refractivity contribution in [1.82, 2.24) is 5.32 Å². The lowest BCUT2D eigenvalue weighted by molar-refractivity contribution is -0.142. The Kier molecular flexibility index (Phi) is 5.17. The number of hydrogen-bond donors (Lipinski definition) is 1. The van der Waals surface area contributed by atoms with E-state index in [0.29, 0.717) is 0 Å². The van der Waals surface area contributed by atoms with Crippen molar-refractivity contribution < 1.29 is 31.9 Å². The summed E-state index contributed by atoms with van der Waals surface area (Å²) in [5.74, 6) is -4.69. The molecule has 9 heteroatoms. The zero-order valence-electron chi connectivity index (χ0n) is 12.3. The molecule has 2 rings (SSSR count). The van der Waals surface area contributed by atoms with Gasteiger partial charge in [0.1, 0.15) is 11.5 Å². The Morgan fingerprint density at radius 1 is 1.42 bits per heavy atom. The van der Waals surface area contributed by atoms with E-state index in [9.17, 15) is 27.2 Å². The first-order valence-corrected chi connectivity index (χ1v) is 7.26. The SMILES string of the molecule is CCOC(=O)C1=C(C(F)(F)F)NC(=O)C[C@@H]1c1c(F)cccc1Cl. The predicted octanol–water partition coefficient (Wildman–Crippen LogP) is 3.46. The summed E-state index contributed by atoms with van der Waals surface area (Å²) in [6.07, 6.45) is -5.58. The first kappa shape index (κ1) is 18.3. The van der Waals surface area contributed by atoms with Crippen LogP contribution < -0.4 is 5.32 Å². The fourth-order valence-corrected chi connectivity index (χ4v) is 2.78. The van der Waals surface area contributed by atoms with Gasteiger partial charge in [-0.25, -0.2) is 9.18 Å². The van der Waals surface area contributed by atoms with E-state index >= 15 is 0 Å². The number of carbonyl (C=O) groups excluding carboxylic acids is 2. The summed E-state index contributed by atoms with van der Waals surface area (Å²) in [4.78, 5) is 23.8. The summed E-state index contributed by atoms with van der Waals surface area (Å²) >= 11 is 5.89. The van der Waals surface area contributed by atoms with Gasteiger partial charge in [0.15, 0.2) is 0 Å².